The van der Waals surface area contributed by atoms with Crippen LogP contribution in [0.4, 0.5) is 0 Å². The minimum atomic E-state index is -0.880. The highest BCUT2D eigenvalue weighted by atomic mass is 79.9. The average molecular weight is 603 g/mol. The predicted octanol–water partition coefficient (Wildman–Crippen LogP) is 4.45. The van der Waals surface area contributed by atoms with Gasteiger partial charge in [0.05, 0.1) is 16.3 Å². The van der Waals surface area contributed by atoms with Crippen molar-refractivity contribution in [2.75, 3.05) is 6.54 Å². The Bertz CT molecular complexity index is 1380. The van der Waals surface area contributed by atoms with E-state index in [1.807, 2.05) is 6.08 Å². The second kappa shape index (κ2) is 10.3. The van der Waals surface area contributed by atoms with Crippen LogP contribution in [-0.4, -0.2) is 51.0 Å². The van der Waals surface area contributed by atoms with E-state index in [4.69, 9.17) is 16.7 Å². The van der Waals surface area contributed by atoms with Gasteiger partial charge < -0.3 is 10.2 Å². The number of hydrogen-bond donors (Lipinski definition) is 2. The maximum absolute atomic E-state index is 13.6. The second-order valence-electron chi connectivity index (χ2n) is 10.1. The number of halogens is 2. The number of rotatable bonds is 7. The Kier molecular flexibility index (Phi) is 7.17. The number of imide groups is 1. The molecule has 0 unspecified atom stereocenters. The monoisotopic (exact) mass is 601 g/mol. The van der Waals surface area contributed by atoms with Crippen LogP contribution in [0.15, 0.2) is 51.6 Å². The highest BCUT2D eigenvalue weighted by molar-refractivity contribution is 9.12. The number of hydrogen-bond acceptors (Lipinski definition) is 6. The first-order chi connectivity index (χ1) is 18.1. The van der Waals surface area contributed by atoms with Crippen LogP contribution < -0.4 is 0 Å². The van der Waals surface area contributed by atoms with Crippen LogP contribution in [0.25, 0.3) is 0 Å². The number of fused-ring (bicyclic) bond motifs is 3. The molecule has 0 spiro atoms. The molecule has 8 nitrogen and oxygen atoms in total. The van der Waals surface area contributed by atoms with Crippen LogP contribution in [0.3, 0.4) is 0 Å². The van der Waals surface area contributed by atoms with Gasteiger partial charge in [-0.05, 0) is 65.2 Å². The molecule has 3 aliphatic carbocycles. The molecule has 0 saturated carbocycles. The number of Topliss-reactive ketones (excluding diaryl/α,β-unsaturated/α-hetero) is 1. The molecule has 2 N–H and O–H groups in total. The number of phenols is 1. The van der Waals surface area contributed by atoms with E-state index in [0.29, 0.717) is 42.4 Å². The van der Waals surface area contributed by atoms with Gasteiger partial charge in [-0.25, -0.2) is 0 Å². The molecule has 0 bridgehead atoms. The number of amides is 2. The van der Waals surface area contributed by atoms with Crippen molar-refractivity contribution < 1.29 is 34.2 Å². The Morgan fingerprint density at radius 3 is 2.55 bits per heavy atom. The molecular formula is C28H25BrClNO7. The average Bonchev–Trinajstić information content (AvgIpc) is 3.11. The van der Waals surface area contributed by atoms with Crippen LogP contribution in [-0.2, 0) is 24.0 Å². The zero-order chi connectivity index (χ0) is 27.3. The van der Waals surface area contributed by atoms with E-state index in [1.54, 1.807) is 6.07 Å². The number of likely N-dealkylation sites (tertiary alicyclic amines) is 1. The van der Waals surface area contributed by atoms with Crippen molar-refractivity contribution in [2.45, 2.75) is 44.4 Å². The number of carboxylic acids is 1. The summed E-state index contributed by atoms with van der Waals surface area (Å²) in [6.07, 6.45) is 5.26. The maximum atomic E-state index is 13.6. The number of aliphatic carboxylic acids is 1. The maximum Gasteiger partial charge on any atom is 0.303 e. The van der Waals surface area contributed by atoms with Crippen molar-refractivity contribution in [1.82, 2.24) is 4.90 Å². The zero-order valence-corrected chi connectivity index (χ0v) is 22.6. The van der Waals surface area contributed by atoms with E-state index in [0.717, 1.165) is 5.57 Å². The summed E-state index contributed by atoms with van der Waals surface area (Å²) in [4.78, 5) is 65.4. The summed E-state index contributed by atoms with van der Waals surface area (Å²) in [7, 11) is 0. The van der Waals surface area contributed by atoms with Crippen LogP contribution in [0.5, 0.6) is 5.75 Å². The number of carbonyl (C=O) groups is 5. The van der Waals surface area contributed by atoms with Gasteiger partial charge >= 0.3 is 5.97 Å². The third-order valence-electron chi connectivity index (χ3n) is 7.99. The van der Waals surface area contributed by atoms with Crippen LogP contribution in [0.2, 0.25) is 5.02 Å². The number of carbonyl (C=O) groups excluding carboxylic acids is 4. The van der Waals surface area contributed by atoms with Crippen molar-refractivity contribution in [3.8, 4) is 5.75 Å². The fourth-order valence-corrected chi connectivity index (χ4v) is 7.05. The molecule has 1 saturated heterocycles. The summed E-state index contributed by atoms with van der Waals surface area (Å²) in [6.45, 7) is 0.221. The first kappa shape index (κ1) is 26.6. The predicted molar refractivity (Wildman–Crippen MR) is 141 cm³/mol. The molecule has 0 radical (unpaired) electrons. The van der Waals surface area contributed by atoms with Gasteiger partial charge in [0.15, 0.2) is 11.6 Å². The lowest BCUT2D eigenvalue weighted by molar-refractivity contribution is -0.141. The van der Waals surface area contributed by atoms with Crippen molar-refractivity contribution in [3.63, 3.8) is 0 Å². The van der Waals surface area contributed by atoms with Crippen molar-refractivity contribution >= 4 is 56.9 Å². The Balaban J connectivity index is 1.50. The fraction of sp³-hybridized carbons (Fsp3) is 0.393. The molecule has 1 aromatic rings. The Morgan fingerprint density at radius 2 is 1.84 bits per heavy atom. The molecule has 1 aliphatic heterocycles. The van der Waals surface area contributed by atoms with E-state index in [2.05, 4.69) is 15.9 Å². The minimum absolute atomic E-state index is 0.0396. The normalized spacial score (nSPS) is 26.6. The second-order valence-corrected chi connectivity index (χ2v) is 11.4. The standard InChI is InChI=1S/C28H25BrClNO7/c29-19-12-21(33)25-18(26(19)36)11-17-14(23(25)15-6-5-13(32)10-20(15)30)7-8-16-24(17)28(38)31(27(16)37)9-3-1-2-4-22(34)35/h5-7,10,12,16-17,23-24,32H,1-4,8-9,11H2,(H,34,35)/t16-,17+,23+,24-/m0/s1. The van der Waals surface area contributed by atoms with E-state index < -0.39 is 29.6 Å². The summed E-state index contributed by atoms with van der Waals surface area (Å²) in [6, 6.07) is 4.47. The summed E-state index contributed by atoms with van der Waals surface area (Å²) in [5, 5.41) is 19.0. The van der Waals surface area contributed by atoms with Crippen molar-refractivity contribution in [3.05, 3.63) is 62.1 Å². The number of allylic oxidation sites excluding steroid dienone is 6. The van der Waals surface area contributed by atoms with E-state index in [9.17, 15) is 29.1 Å². The van der Waals surface area contributed by atoms with Gasteiger partial charge in [-0.15, -0.1) is 0 Å². The van der Waals surface area contributed by atoms with Gasteiger partial charge in [0.1, 0.15) is 5.75 Å². The molecule has 2 amide bonds. The van der Waals surface area contributed by atoms with E-state index in [1.165, 1.54) is 23.1 Å². The molecule has 10 heteroatoms. The van der Waals surface area contributed by atoms with Crippen LogP contribution in [0, 0.1) is 17.8 Å². The number of benzene rings is 1. The highest BCUT2D eigenvalue weighted by Gasteiger charge is 2.56. The minimum Gasteiger partial charge on any atom is -0.508 e. The number of phenolic OH excluding ortho intramolecular Hbond substituents is 1. The van der Waals surface area contributed by atoms with Crippen molar-refractivity contribution in [1.29, 1.82) is 0 Å². The summed E-state index contributed by atoms with van der Waals surface area (Å²) in [5.74, 6) is -4.48. The Morgan fingerprint density at radius 1 is 1.08 bits per heavy atom. The molecule has 1 fully saturated rings. The number of ketones is 2. The Hall–Kier alpha value is -3.04. The zero-order valence-electron chi connectivity index (χ0n) is 20.3. The van der Waals surface area contributed by atoms with Gasteiger partial charge in [0.2, 0.25) is 11.8 Å². The largest absolute Gasteiger partial charge is 0.508 e. The van der Waals surface area contributed by atoms with E-state index >= 15 is 0 Å². The smallest absolute Gasteiger partial charge is 0.303 e. The first-order valence-electron chi connectivity index (χ1n) is 12.5. The van der Waals surface area contributed by atoms with Gasteiger partial charge in [-0.2, -0.15) is 0 Å². The van der Waals surface area contributed by atoms with Gasteiger partial charge in [0.25, 0.3) is 0 Å². The number of unbranched alkanes of at least 4 members (excludes halogenated alkanes) is 2. The van der Waals surface area contributed by atoms with Crippen LogP contribution in [0.1, 0.15) is 50.0 Å². The third-order valence-corrected chi connectivity index (χ3v) is 8.91. The molecule has 5 rings (SSSR count). The van der Waals surface area contributed by atoms with Gasteiger partial charge in [-0.3, -0.25) is 28.9 Å². The molecule has 4 aliphatic rings. The van der Waals surface area contributed by atoms with Crippen molar-refractivity contribution in [2.24, 2.45) is 17.8 Å². The third kappa shape index (κ3) is 4.45. The molecule has 4 atom stereocenters. The summed E-state index contributed by atoms with van der Waals surface area (Å²) >= 11 is 9.73. The molecule has 198 valence electrons. The van der Waals surface area contributed by atoms with E-state index in [-0.39, 0.29) is 58.0 Å². The lowest BCUT2D eigenvalue weighted by atomic mass is 9.59. The summed E-state index contributed by atoms with van der Waals surface area (Å²) < 4.78 is 0.147. The molecule has 0 aromatic heterocycles. The highest BCUT2D eigenvalue weighted by Crippen LogP contribution is 2.56. The quantitative estimate of drug-likeness (QED) is 0.204. The Labute approximate surface area is 232 Å². The lowest BCUT2D eigenvalue weighted by Gasteiger charge is -2.42. The first-order valence-corrected chi connectivity index (χ1v) is 13.7. The topological polar surface area (TPSA) is 129 Å². The lowest BCUT2D eigenvalue weighted by Crippen LogP contribution is -2.39. The molecule has 1 aromatic carbocycles. The number of carboxylic acid groups (broad SMARTS) is 1. The fourth-order valence-electron chi connectivity index (χ4n) is 6.32. The number of aromatic hydroxyl groups is 1. The van der Waals surface area contributed by atoms with Crippen LogP contribution >= 0.6 is 27.5 Å². The van der Waals surface area contributed by atoms with Gasteiger partial charge in [0, 0.05) is 41.1 Å². The summed E-state index contributed by atoms with van der Waals surface area (Å²) in [5.41, 5.74) is 1.97. The molecule has 1 heterocycles. The SMILES string of the molecule is O=C(O)CCCCCN1C(=O)[C@H]2[C@H](CC=C3[C@H](c4ccc(O)cc4Cl)C4=C(C[C@H]32)C(=O)C(Br)=CC4=O)C1=O. The molecule has 38 heavy (non-hydrogen) atoms. The van der Waals surface area contributed by atoms with Gasteiger partial charge in [-0.1, -0.05) is 35.7 Å². The number of nitrogens with zero attached hydrogens (tertiary/aromatic N) is 1. The molecular weight excluding hydrogens is 578 g/mol.